The Morgan fingerprint density at radius 2 is 2.11 bits per heavy atom. The molecule has 0 aromatic heterocycles. The molecule has 0 radical (unpaired) electrons. The normalized spacial score (nSPS) is 17.5. The van der Waals surface area contributed by atoms with Gasteiger partial charge in [0, 0.05) is 7.11 Å². The van der Waals surface area contributed by atoms with E-state index in [-0.39, 0.29) is 5.60 Å². The van der Waals surface area contributed by atoms with E-state index in [1.54, 1.807) is 21.0 Å². The number of methoxy groups -OCH3 is 1. The summed E-state index contributed by atoms with van der Waals surface area (Å²) >= 11 is 0. The standard InChI is InChI=1S/C15H20O3/c1-14(2,13(16)17)10-11-5-4-6-12(9-11)15(18-3)7-8-15/h4-6,9H,7-8,10H2,1-3H3,(H,16,17). The highest BCUT2D eigenvalue weighted by Crippen LogP contribution is 2.48. The van der Waals surface area contributed by atoms with Crippen LogP contribution in [0.3, 0.4) is 0 Å². The van der Waals surface area contributed by atoms with Crippen LogP contribution >= 0.6 is 0 Å². The van der Waals surface area contributed by atoms with E-state index < -0.39 is 11.4 Å². The van der Waals surface area contributed by atoms with E-state index >= 15 is 0 Å². The zero-order chi connectivity index (χ0) is 13.4. The summed E-state index contributed by atoms with van der Waals surface area (Å²) in [5.41, 5.74) is 1.39. The third-order valence-electron chi connectivity index (χ3n) is 3.77. The zero-order valence-electron chi connectivity index (χ0n) is 11.2. The molecule has 0 amide bonds. The fourth-order valence-corrected chi connectivity index (χ4v) is 2.27. The largest absolute Gasteiger partial charge is 0.481 e. The molecule has 0 bridgehead atoms. The number of carbonyl (C=O) groups is 1. The molecule has 3 heteroatoms. The van der Waals surface area contributed by atoms with Crippen molar-refractivity contribution in [2.45, 2.75) is 38.7 Å². The molecule has 0 unspecified atom stereocenters. The van der Waals surface area contributed by atoms with Crippen molar-refractivity contribution in [1.82, 2.24) is 0 Å². The number of benzene rings is 1. The summed E-state index contributed by atoms with van der Waals surface area (Å²) in [5, 5.41) is 9.17. The Balaban J connectivity index is 2.21. The van der Waals surface area contributed by atoms with Crippen LogP contribution < -0.4 is 0 Å². The van der Waals surface area contributed by atoms with E-state index in [1.165, 1.54) is 5.56 Å². The Morgan fingerprint density at radius 3 is 2.61 bits per heavy atom. The molecule has 1 fully saturated rings. The van der Waals surface area contributed by atoms with Gasteiger partial charge in [-0.3, -0.25) is 4.79 Å². The quantitative estimate of drug-likeness (QED) is 0.871. The second-order valence-electron chi connectivity index (χ2n) is 5.76. The first-order chi connectivity index (χ1) is 8.39. The number of hydrogen-bond donors (Lipinski definition) is 1. The number of aliphatic carboxylic acids is 1. The molecule has 3 nitrogen and oxygen atoms in total. The number of ether oxygens (including phenoxy) is 1. The van der Waals surface area contributed by atoms with Gasteiger partial charge in [0.05, 0.1) is 11.0 Å². The van der Waals surface area contributed by atoms with Crippen LogP contribution in [-0.4, -0.2) is 18.2 Å². The average Bonchev–Trinajstić information content (AvgIpc) is 3.09. The lowest BCUT2D eigenvalue weighted by Gasteiger charge is -2.20. The molecule has 1 aromatic rings. The maximum Gasteiger partial charge on any atom is 0.309 e. The van der Waals surface area contributed by atoms with Gasteiger partial charge in [-0.15, -0.1) is 0 Å². The van der Waals surface area contributed by atoms with Crippen molar-refractivity contribution in [2.75, 3.05) is 7.11 Å². The highest BCUT2D eigenvalue weighted by Gasteiger charge is 2.44. The second-order valence-corrected chi connectivity index (χ2v) is 5.76. The van der Waals surface area contributed by atoms with Crippen LogP contribution in [0.25, 0.3) is 0 Å². The van der Waals surface area contributed by atoms with E-state index in [2.05, 4.69) is 12.1 Å². The molecule has 2 rings (SSSR count). The summed E-state index contributed by atoms with van der Waals surface area (Å²) in [6.45, 7) is 3.51. The lowest BCUT2D eigenvalue weighted by Crippen LogP contribution is -2.26. The van der Waals surface area contributed by atoms with E-state index in [9.17, 15) is 4.79 Å². The number of carboxylic acid groups (broad SMARTS) is 1. The summed E-state index contributed by atoms with van der Waals surface area (Å²) in [7, 11) is 1.74. The summed E-state index contributed by atoms with van der Waals surface area (Å²) in [6, 6.07) is 8.12. The monoisotopic (exact) mass is 248 g/mol. The van der Waals surface area contributed by atoms with Gasteiger partial charge >= 0.3 is 5.97 Å². The SMILES string of the molecule is COC1(c2cccc(CC(C)(C)C(=O)O)c2)CC1. The third kappa shape index (κ3) is 2.41. The van der Waals surface area contributed by atoms with Crippen molar-refractivity contribution in [3.8, 4) is 0 Å². The third-order valence-corrected chi connectivity index (χ3v) is 3.77. The minimum absolute atomic E-state index is 0.108. The van der Waals surface area contributed by atoms with Gasteiger partial charge in [0.2, 0.25) is 0 Å². The number of rotatable bonds is 5. The molecular weight excluding hydrogens is 228 g/mol. The topological polar surface area (TPSA) is 46.5 Å². The Labute approximate surface area is 108 Å². The first-order valence-corrected chi connectivity index (χ1v) is 6.28. The van der Waals surface area contributed by atoms with Gasteiger partial charge in [0.25, 0.3) is 0 Å². The van der Waals surface area contributed by atoms with Gasteiger partial charge in [-0.1, -0.05) is 24.3 Å². The summed E-state index contributed by atoms with van der Waals surface area (Å²) in [6.07, 6.45) is 2.64. The maximum atomic E-state index is 11.2. The summed E-state index contributed by atoms with van der Waals surface area (Å²) in [4.78, 5) is 11.2. The zero-order valence-corrected chi connectivity index (χ0v) is 11.2. The summed E-state index contributed by atoms with van der Waals surface area (Å²) < 4.78 is 5.55. The average molecular weight is 248 g/mol. The van der Waals surface area contributed by atoms with Gasteiger partial charge in [-0.25, -0.2) is 0 Å². The molecule has 1 N–H and O–H groups in total. The van der Waals surface area contributed by atoms with Crippen molar-refractivity contribution in [2.24, 2.45) is 5.41 Å². The Bertz CT molecular complexity index is 459. The van der Waals surface area contributed by atoms with Crippen LogP contribution in [-0.2, 0) is 21.6 Å². The second kappa shape index (κ2) is 4.39. The van der Waals surface area contributed by atoms with Crippen molar-refractivity contribution in [1.29, 1.82) is 0 Å². The first kappa shape index (κ1) is 13.1. The molecule has 1 aliphatic rings. The molecule has 1 saturated carbocycles. The van der Waals surface area contributed by atoms with Gasteiger partial charge in [0.15, 0.2) is 0 Å². The lowest BCUT2D eigenvalue weighted by molar-refractivity contribution is -0.146. The van der Waals surface area contributed by atoms with Crippen molar-refractivity contribution < 1.29 is 14.6 Å². The smallest absolute Gasteiger partial charge is 0.309 e. The molecule has 0 saturated heterocycles. The highest BCUT2D eigenvalue weighted by atomic mass is 16.5. The van der Waals surface area contributed by atoms with Crippen molar-refractivity contribution >= 4 is 5.97 Å². The van der Waals surface area contributed by atoms with Crippen LogP contribution in [0.2, 0.25) is 0 Å². The molecule has 18 heavy (non-hydrogen) atoms. The van der Waals surface area contributed by atoms with Crippen LogP contribution in [0.4, 0.5) is 0 Å². The van der Waals surface area contributed by atoms with Gasteiger partial charge < -0.3 is 9.84 Å². The molecular formula is C15H20O3. The lowest BCUT2D eigenvalue weighted by atomic mass is 9.85. The molecule has 1 aromatic carbocycles. The first-order valence-electron chi connectivity index (χ1n) is 6.28. The maximum absolute atomic E-state index is 11.2. The van der Waals surface area contributed by atoms with Crippen molar-refractivity contribution in [3.63, 3.8) is 0 Å². The van der Waals surface area contributed by atoms with Gasteiger partial charge in [0.1, 0.15) is 0 Å². The van der Waals surface area contributed by atoms with E-state index in [4.69, 9.17) is 9.84 Å². The fourth-order valence-electron chi connectivity index (χ4n) is 2.27. The molecule has 0 atom stereocenters. The van der Waals surface area contributed by atoms with E-state index in [0.717, 1.165) is 18.4 Å². The number of hydrogen-bond acceptors (Lipinski definition) is 2. The molecule has 0 heterocycles. The van der Waals surface area contributed by atoms with Crippen LogP contribution in [0.1, 0.15) is 37.8 Å². The number of carboxylic acids is 1. The fraction of sp³-hybridized carbons (Fsp3) is 0.533. The van der Waals surface area contributed by atoms with Gasteiger partial charge in [-0.05, 0) is 44.2 Å². The predicted octanol–water partition coefficient (Wildman–Crippen LogP) is 2.98. The minimum Gasteiger partial charge on any atom is -0.481 e. The summed E-state index contributed by atoms with van der Waals surface area (Å²) in [5.74, 6) is -0.763. The van der Waals surface area contributed by atoms with Crippen molar-refractivity contribution in [3.05, 3.63) is 35.4 Å². The molecule has 1 aliphatic carbocycles. The Hall–Kier alpha value is -1.35. The molecule has 0 aliphatic heterocycles. The Kier molecular flexibility index (Phi) is 3.20. The highest BCUT2D eigenvalue weighted by molar-refractivity contribution is 5.74. The predicted molar refractivity (Wildman–Crippen MR) is 69.5 cm³/mol. The van der Waals surface area contributed by atoms with Crippen LogP contribution in [0.15, 0.2) is 24.3 Å². The molecule has 0 spiro atoms. The molecule has 98 valence electrons. The van der Waals surface area contributed by atoms with Crippen LogP contribution in [0, 0.1) is 5.41 Å². The van der Waals surface area contributed by atoms with Crippen LogP contribution in [0.5, 0.6) is 0 Å². The van der Waals surface area contributed by atoms with Gasteiger partial charge in [-0.2, -0.15) is 0 Å². The van der Waals surface area contributed by atoms with E-state index in [1.807, 2.05) is 12.1 Å². The Morgan fingerprint density at radius 1 is 1.44 bits per heavy atom. The minimum atomic E-state index is -0.763. The van der Waals surface area contributed by atoms with E-state index in [0.29, 0.717) is 6.42 Å².